The van der Waals surface area contributed by atoms with Gasteiger partial charge in [-0.15, -0.1) is 0 Å². The molecular weight excluding hydrogens is 378 g/mol. The fourth-order valence-corrected chi connectivity index (χ4v) is 3.36. The summed E-state index contributed by atoms with van der Waals surface area (Å²) in [6.45, 7) is 1.34. The smallest absolute Gasteiger partial charge is 0.251 e. The molecule has 1 aliphatic heterocycles. The summed E-state index contributed by atoms with van der Waals surface area (Å²) < 4.78 is 11.5. The number of carbonyl (C=O) groups excluding carboxylic acids is 1. The Morgan fingerprint density at radius 2 is 1.83 bits per heavy atom. The Labute approximate surface area is 168 Å². The number of hydrogen-bond acceptors (Lipinski definition) is 7. The minimum absolute atomic E-state index is 0.235. The van der Waals surface area contributed by atoms with E-state index in [-0.39, 0.29) is 5.91 Å². The molecule has 0 aromatic heterocycles. The third-order valence-corrected chi connectivity index (χ3v) is 4.85. The quantitative estimate of drug-likeness (QED) is 0.496. The van der Waals surface area contributed by atoms with Gasteiger partial charge in [-0.05, 0) is 48.4 Å². The summed E-state index contributed by atoms with van der Waals surface area (Å²) in [5.74, 6) is 0.671. The van der Waals surface area contributed by atoms with E-state index >= 15 is 0 Å². The molecule has 8 nitrogen and oxygen atoms in total. The van der Waals surface area contributed by atoms with Crippen molar-refractivity contribution in [1.29, 1.82) is 0 Å². The second-order valence-corrected chi connectivity index (χ2v) is 7.04. The summed E-state index contributed by atoms with van der Waals surface area (Å²) >= 11 is 0. The van der Waals surface area contributed by atoms with Gasteiger partial charge in [-0.2, -0.15) is 0 Å². The molecule has 1 aliphatic rings. The van der Waals surface area contributed by atoms with E-state index in [4.69, 9.17) is 9.47 Å². The first-order valence-electron chi connectivity index (χ1n) is 9.26. The Morgan fingerprint density at radius 1 is 1.07 bits per heavy atom. The zero-order valence-corrected chi connectivity index (χ0v) is 16.1. The first-order valence-corrected chi connectivity index (χ1v) is 9.26. The Morgan fingerprint density at radius 3 is 2.52 bits per heavy atom. The Balaban J connectivity index is 1.88. The molecule has 0 aliphatic carbocycles. The molecule has 0 radical (unpaired) electrons. The lowest BCUT2D eigenvalue weighted by Gasteiger charge is -2.40. The minimum atomic E-state index is -1.46. The summed E-state index contributed by atoms with van der Waals surface area (Å²) in [4.78, 5) is 11.8. The predicted octanol–water partition coefficient (Wildman–Crippen LogP) is 0.662. The number of ether oxygens (including phenoxy) is 2. The van der Waals surface area contributed by atoms with Crippen LogP contribution in [0.15, 0.2) is 42.5 Å². The normalized spacial score (nSPS) is 26.8. The van der Waals surface area contributed by atoms with Crippen LogP contribution in [-0.4, -0.2) is 64.4 Å². The SMILES string of the molecule is CNC(=O)c1cccc(Oc2cc(C)cc([C@H]3O[C@H](CO)[C@@H](O)[C@H](O)[C@H]3O)c2)c1. The van der Waals surface area contributed by atoms with Gasteiger partial charge in [-0.1, -0.05) is 12.1 Å². The van der Waals surface area contributed by atoms with Crippen LogP contribution in [0.2, 0.25) is 0 Å². The molecule has 2 aromatic rings. The van der Waals surface area contributed by atoms with E-state index in [9.17, 15) is 25.2 Å². The van der Waals surface area contributed by atoms with Crippen molar-refractivity contribution in [2.24, 2.45) is 0 Å². The van der Waals surface area contributed by atoms with Crippen LogP contribution in [0.25, 0.3) is 0 Å². The second-order valence-electron chi connectivity index (χ2n) is 7.04. The molecule has 2 aromatic carbocycles. The molecule has 0 spiro atoms. The van der Waals surface area contributed by atoms with Gasteiger partial charge in [-0.25, -0.2) is 0 Å². The second kappa shape index (κ2) is 8.89. The van der Waals surface area contributed by atoms with E-state index in [2.05, 4.69) is 5.32 Å². The number of aliphatic hydroxyl groups is 4. The maximum atomic E-state index is 11.8. The zero-order chi connectivity index (χ0) is 21.1. The molecule has 8 heteroatoms. The van der Waals surface area contributed by atoms with Gasteiger partial charge >= 0.3 is 0 Å². The number of carbonyl (C=O) groups is 1. The van der Waals surface area contributed by atoms with Crippen molar-refractivity contribution in [3.8, 4) is 11.5 Å². The van der Waals surface area contributed by atoms with Crippen LogP contribution in [0.3, 0.4) is 0 Å². The van der Waals surface area contributed by atoms with Gasteiger partial charge in [0, 0.05) is 12.6 Å². The Kier molecular flexibility index (Phi) is 6.51. The highest BCUT2D eigenvalue weighted by Crippen LogP contribution is 2.35. The molecule has 5 N–H and O–H groups in total. The number of benzene rings is 2. The molecule has 1 fully saturated rings. The van der Waals surface area contributed by atoms with Crippen molar-refractivity contribution >= 4 is 5.91 Å². The van der Waals surface area contributed by atoms with E-state index in [1.54, 1.807) is 49.5 Å². The molecule has 156 valence electrons. The van der Waals surface area contributed by atoms with E-state index < -0.39 is 37.1 Å². The van der Waals surface area contributed by atoms with Crippen molar-refractivity contribution in [3.05, 3.63) is 59.2 Å². The van der Waals surface area contributed by atoms with E-state index in [1.165, 1.54) is 0 Å². The molecular formula is C21H25NO7. The van der Waals surface area contributed by atoms with Gasteiger partial charge in [0.15, 0.2) is 0 Å². The predicted molar refractivity (Wildman–Crippen MR) is 104 cm³/mol. The molecule has 1 saturated heterocycles. The number of aryl methyl sites for hydroxylation is 1. The maximum absolute atomic E-state index is 11.8. The van der Waals surface area contributed by atoms with Crippen molar-refractivity contribution in [3.63, 3.8) is 0 Å². The fraction of sp³-hybridized carbons (Fsp3) is 0.381. The molecule has 1 amide bonds. The van der Waals surface area contributed by atoms with Crippen LogP contribution in [0.4, 0.5) is 0 Å². The standard InChI is InChI=1S/C21H25NO7/c1-11-6-13(20-19(26)18(25)17(24)16(10-23)29-20)9-15(7-11)28-14-5-3-4-12(8-14)21(27)22-2/h3-9,16-20,23-26H,10H2,1-2H3,(H,22,27)/t16-,17-,18+,19-,20-/m1/s1. The third kappa shape index (κ3) is 4.58. The largest absolute Gasteiger partial charge is 0.457 e. The summed E-state index contributed by atoms with van der Waals surface area (Å²) in [7, 11) is 1.54. The van der Waals surface area contributed by atoms with Crippen LogP contribution < -0.4 is 10.1 Å². The lowest BCUT2D eigenvalue weighted by molar-refractivity contribution is -0.231. The number of aliphatic hydroxyl groups excluding tert-OH is 4. The molecule has 0 unspecified atom stereocenters. The highest BCUT2D eigenvalue weighted by atomic mass is 16.5. The Hall–Kier alpha value is -2.49. The molecule has 29 heavy (non-hydrogen) atoms. The molecule has 0 saturated carbocycles. The average molecular weight is 403 g/mol. The highest BCUT2D eigenvalue weighted by Gasteiger charge is 2.44. The summed E-state index contributed by atoms with van der Waals surface area (Å²) in [5.41, 5.74) is 1.79. The van der Waals surface area contributed by atoms with Gasteiger partial charge in [0.2, 0.25) is 0 Å². The molecule has 5 atom stereocenters. The third-order valence-electron chi connectivity index (χ3n) is 4.85. The monoisotopic (exact) mass is 403 g/mol. The van der Waals surface area contributed by atoms with Crippen LogP contribution in [-0.2, 0) is 4.74 Å². The molecule has 0 bridgehead atoms. The van der Waals surface area contributed by atoms with Crippen molar-refractivity contribution in [2.75, 3.05) is 13.7 Å². The van der Waals surface area contributed by atoms with E-state index in [0.29, 0.717) is 22.6 Å². The lowest BCUT2D eigenvalue weighted by atomic mass is 9.90. The van der Waals surface area contributed by atoms with Crippen molar-refractivity contribution in [1.82, 2.24) is 5.32 Å². The maximum Gasteiger partial charge on any atom is 0.251 e. The first-order chi connectivity index (χ1) is 13.8. The van der Waals surface area contributed by atoms with Crippen LogP contribution in [0.1, 0.15) is 27.6 Å². The first kappa shape index (κ1) is 21.2. The summed E-state index contributed by atoms with van der Waals surface area (Å²) in [6.07, 6.45) is -6.20. The molecule has 1 heterocycles. The molecule has 3 rings (SSSR count). The zero-order valence-electron chi connectivity index (χ0n) is 16.1. The van der Waals surface area contributed by atoms with Crippen molar-refractivity contribution in [2.45, 2.75) is 37.4 Å². The van der Waals surface area contributed by atoms with Crippen LogP contribution in [0.5, 0.6) is 11.5 Å². The number of nitrogens with one attached hydrogen (secondary N) is 1. The van der Waals surface area contributed by atoms with Crippen LogP contribution in [0, 0.1) is 6.92 Å². The van der Waals surface area contributed by atoms with Crippen molar-refractivity contribution < 1.29 is 34.7 Å². The lowest BCUT2D eigenvalue weighted by Crippen LogP contribution is -2.55. The minimum Gasteiger partial charge on any atom is -0.457 e. The topological polar surface area (TPSA) is 128 Å². The van der Waals surface area contributed by atoms with E-state index in [1.807, 2.05) is 6.92 Å². The highest BCUT2D eigenvalue weighted by molar-refractivity contribution is 5.94. The van der Waals surface area contributed by atoms with Gasteiger partial charge in [0.1, 0.15) is 42.0 Å². The van der Waals surface area contributed by atoms with Gasteiger partial charge in [-0.3, -0.25) is 4.79 Å². The number of amides is 1. The van der Waals surface area contributed by atoms with E-state index in [0.717, 1.165) is 5.56 Å². The van der Waals surface area contributed by atoms with Gasteiger partial charge < -0.3 is 35.2 Å². The average Bonchev–Trinajstić information content (AvgIpc) is 2.71. The summed E-state index contributed by atoms with van der Waals surface area (Å²) in [5, 5.41) is 42.3. The Bertz CT molecular complexity index is 870. The van der Waals surface area contributed by atoms with Gasteiger partial charge in [0.05, 0.1) is 6.61 Å². The fourth-order valence-electron chi connectivity index (χ4n) is 3.36. The van der Waals surface area contributed by atoms with Gasteiger partial charge in [0.25, 0.3) is 5.91 Å². The van der Waals surface area contributed by atoms with Crippen LogP contribution >= 0.6 is 0 Å². The number of rotatable bonds is 5. The number of hydrogen-bond donors (Lipinski definition) is 5. The summed E-state index contributed by atoms with van der Waals surface area (Å²) in [6, 6.07) is 11.9.